The molecule has 0 heterocycles. The number of methoxy groups -OCH3 is 2. The van der Waals surface area contributed by atoms with Crippen LogP contribution in [-0.2, 0) is 9.47 Å². The van der Waals surface area contributed by atoms with Gasteiger partial charge in [0.25, 0.3) is 0 Å². The van der Waals surface area contributed by atoms with Gasteiger partial charge in [-0.2, -0.15) is 0 Å². The van der Waals surface area contributed by atoms with Crippen LogP contribution in [0.25, 0.3) is 0 Å². The Morgan fingerprint density at radius 3 is 2.44 bits per heavy atom. The number of aliphatic hydroxyl groups is 1. The molecule has 1 aromatic carbocycles. The molecule has 2 atom stereocenters. The maximum absolute atomic E-state index is 8.96. The first-order valence-electron chi connectivity index (χ1n) is 5.25. The second-order valence-corrected chi connectivity index (χ2v) is 3.57. The van der Waals surface area contributed by atoms with Crippen molar-refractivity contribution in [3.63, 3.8) is 0 Å². The molecule has 16 heavy (non-hydrogen) atoms. The van der Waals surface area contributed by atoms with Crippen LogP contribution in [0.15, 0.2) is 24.3 Å². The van der Waals surface area contributed by atoms with E-state index < -0.39 is 0 Å². The molecular weight excluding hydrogens is 206 g/mol. The lowest BCUT2D eigenvalue weighted by Crippen LogP contribution is -2.24. The quantitative estimate of drug-likeness (QED) is 0.717. The minimum Gasteiger partial charge on any atom is -0.398 e. The number of nitrogens with two attached hydrogens (primary N) is 1. The fourth-order valence-corrected chi connectivity index (χ4v) is 1.77. The average molecular weight is 225 g/mol. The van der Waals surface area contributed by atoms with Gasteiger partial charge in [-0.1, -0.05) is 18.2 Å². The molecule has 0 amide bonds. The summed E-state index contributed by atoms with van der Waals surface area (Å²) in [6, 6.07) is 7.52. The van der Waals surface area contributed by atoms with Crippen LogP contribution >= 0.6 is 0 Å². The molecule has 0 radical (unpaired) electrons. The van der Waals surface area contributed by atoms with Gasteiger partial charge < -0.3 is 20.3 Å². The molecule has 0 bridgehead atoms. The number of anilines is 1. The Kier molecular flexibility index (Phi) is 5.25. The van der Waals surface area contributed by atoms with E-state index in [9.17, 15) is 0 Å². The monoisotopic (exact) mass is 225 g/mol. The largest absolute Gasteiger partial charge is 0.398 e. The molecule has 4 nitrogen and oxygen atoms in total. The molecule has 0 fully saturated rings. The first-order valence-corrected chi connectivity index (χ1v) is 5.25. The van der Waals surface area contributed by atoms with E-state index in [-0.39, 0.29) is 18.8 Å². The van der Waals surface area contributed by atoms with Crippen LogP contribution in [0.4, 0.5) is 5.69 Å². The second-order valence-electron chi connectivity index (χ2n) is 3.57. The van der Waals surface area contributed by atoms with E-state index in [4.69, 9.17) is 20.3 Å². The van der Waals surface area contributed by atoms with Gasteiger partial charge in [0, 0.05) is 32.1 Å². The predicted octanol–water partition coefficient (Wildman–Crippen LogP) is 1.35. The molecule has 4 heteroatoms. The molecule has 1 rings (SSSR count). The van der Waals surface area contributed by atoms with Crippen LogP contribution in [-0.4, -0.2) is 32.0 Å². The van der Waals surface area contributed by atoms with Gasteiger partial charge in [0.2, 0.25) is 0 Å². The highest BCUT2D eigenvalue weighted by atomic mass is 16.5. The molecule has 0 aromatic heterocycles. The lowest BCUT2D eigenvalue weighted by Gasteiger charge is -2.25. The molecule has 0 aliphatic rings. The zero-order valence-corrected chi connectivity index (χ0v) is 9.72. The van der Waals surface area contributed by atoms with Crippen molar-refractivity contribution < 1.29 is 14.6 Å². The van der Waals surface area contributed by atoms with Crippen LogP contribution in [0, 0.1) is 0 Å². The number of para-hydroxylation sites is 1. The topological polar surface area (TPSA) is 64.7 Å². The first kappa shape index (κ1) is 13.0. The van der Waals surface area contributed by atoms with E-state index in [0.29, 0.717) is 12.1 Å². The van der Waals surface area contributed by atoms with E-state index in [1.807, 2.05) is 24.3 Å². The smallest absolute Gasteiger partial charge is 0.110 e. The van der Waals surface area contributed by atoms with E-state index >= 15 is 0 Å². The molecule has 0 unspecified atom stereocenters. The maximum Gasteiger partial charge on any atom is 0.110 e. The van der Waals surface area contributed by atoms with Crippen molar-refractivity contribution in [1.82, 2.24) is 0 Å². The molecule has 0 saturated heterocycles. The number of aliphatic hydroxyl groups excluding tert-OH is 1. The fraction of sp³-hybridized carbons (Fsp3) is 0.500. The van der Waals surface area contributed by atoms with E-state index in [2.05, 4.69) is 0 Å². The summed E-state index contributed by atoms with van der Waals surface area (Å²) in [6.07, 6.45) is 0.0710. The Balaban J connectivity index is 2.92. The molecule has 0 spiro atoms. The number of rotatable bonds is 6. The summed E-state index contributed by atoms with van der Waals surface area (Å²) in [5.74, 6) is 0. The van der Waals surface area contributed by atoms with Gasteiger partial charge in [-0.3, -0.25) is 0 Å². The van der Waals surface area contributed by atoms with Crippen LogP contribution in [0.1, 0.15) is 18.1 Å². The zero-order valence-electron chi connectivity index (χ0n) is 9.72. The molecule has 3 N–H and O–H groups in total. The minimum atomic E-state index is -0.252. The van der Waals surface area contributed by atoms with Crippen molar-refractivity contribution in [3.8, 4) is 0 Å². The summed E-state index contributed by atoms with van der Waals surface area (Å²) in [5, 5.41) is 8.96. The van der Waals surface area contributed by atoms with Gasteiger partial charge in [0.1, 0.15) is 6.10 Å². The molecule has 1 aromatic rings. The van der Waals surface area contributed by atoms with Gasteiger partial charge in [-0.05, 0) is 12.5 Å². The predicted molar refractivity (Wildman–Crippen MR) is 63.1 cm³/mol. The standard InChI is InChI=1S/C12H19NO3/c1-15-11(7-8-14)12(16-2)9-5-3-4-6-10(9)13/h3-6,11-12,14H,7-8,13H2,1-2H3/t11-,12-/m0/s1. The molecule has 0 aliphatic heterocycles. The van der Waals surface area contributed by atoms with Gasteiger partial charge in [-0.25, -0.2) is 0 Å². The normalized spacial score (nSPS) is 14.7. The van der Waals surface area contributed by atoms with Crippen LogP contribution < -0.4 is 5.73 Å². The highest BCUT2D eigenvalue weighted by molar-refractivity contribution is 5.48. The fourth-order valence-electron chi connectivity index (χ4n) is 1.77. The Hall–Kier alpha value is -1.10. The van der Waals surface area contributed by atoms with Crippen molar-refractivity contribution in [2.75, 3.05) is 26.6 Å². The lowest BCUT2D eigenvalue weighted by atomic mass is 10.0. The maximum atomic E-state index is 8.96. The Morgan fingerprint density at radius 2 is 1.94 bits per heavy atom. The summed E-state index contributed by atoms with van der Waals surface area (Å²) in [7, 11) is 3.21. The van der Waals surface area contributed by atoms with Crippen molar-refractivity contribution in [1.29, 1.82) is 0 Å². The molecular formula is C12H19NO3. The Morgan fingerprint density at radius 1 is 1.25 bits per heavy atom. The number of benzene rings is 1. The van der Waals surface area contributed by atoms with Gasteiger partial charge in [-0.15, -0.1) is 0 Å². The third-order valence-corrected chi connectivity index (χ3v) is 2.61. The molecule has 0 saturated carbocycles. The highest BCUT2D eigenvalue weighted by Gasteiger charge is 2.23. The Labute approximate surface area is 96.0 Å². The number of hydrogen-bond donors (Lipinski definition) is 2. The second kappa shape index (κ2) is 6.48. The van der Waals surface area contributed by atoms with E-state index in [1.54, 1.807) is 14.2 Å². The first-order chi connectivity index (χ1) is 7.74. The van der Waals surface area contributed by atoms with Gasteiger partial charge in [0.15, 0.2) is 0 Å². The number of ether oxygens (including phenoxy) is 2. The van der Waals surface area contributed by atoms with Crippen molar-refractivity contribution >= 4 is 5.69 Å². The summed E-state index contributed by atoms with van der Waals surface area (Å²) in [6.45, 7) is 0.0606. The van der Waals surface area contributed by atoms with Crippen LogP contribution in [0.2, 0.25) is 0 Å². The number of hydrogen-bond acceptors (Lipinski definition) is 4. The molecule has 0 aliphatic carbocycles. The third kappa shape index (κ3) is 2.95. The lowest BCUT2D eigenvalue weighted by molar-refractivity contribution is -0.0470. The Bertz CT molecular complexity index is 317. The van der Waals surface area contributed by atoms with Crippen molar-refractivity contribution in [3.05, 3.63) is 29.8 Å². The van der Waals surface area contributed by atoms with Crippen LogP contribution in [0.3, 0.4) is 0 Å². The van der Waals surface area contributed by atoms with Gasteiger partial charge in [0.05, 0.1) is 6.10 Å². The summed E-state index contributed by atoms with van der Waals surface area (Å²) in [4.78, 5) is 0. The number of nitrogen functional groups attached to an aromatic ring is 1. The highest BCUT2D eigenvalue weighted by Crippen LogP contribution is 2.28. The summed E-state index contributed by atoms with van der Waals surface area (Å²) >= 11 is 0. The van der Waals surface area contributed by atoms with Crippen molar-refractivity contribution in [2.45, 2.75) is 18.6 Å². The summed E-state index contributed by atoms with van der Waals surface area (Å²) < 4.78 is 10.7. The van der Waals surface area contributed by atoms with Gasteiger partial charge >= 0.3 is 0 Å². The molecule has 90 valence electrons. The van der Waals surface area contributed by atoms with Crippen LogP contribution in [0.5, 0.6) is 0 Å². The van der Waals surface area contributed by atoms with E-state index in [0.717, 1.165) is 5.56 Å². The van der Waals surface area contributed by atoms with Crippen molar-refractivity contribution in [2.24, 2.45) is 0 Å². The van der Waals surface area contributed by atoms with E-state index in [1.165, 1.54) is 0 Å². The SMILES string of the molecule is CO[C@@H](CCO)[C@@H](OC)c1ccccc1N. The summed E-state index contributed by atoms with van der Waals surface area (Å²) in [5.41, 5.74) is 7.46. The average Bonchev–Trinajstić information content (AvgIpc) is 2.31. The zero-order chi connectivity index (χ0) is 12.0. The third-order valence-electron chi connectivity index (χ3n) is 2.61. The minimum absolute atomic E-state index is 0.0606.